The maximum atomic E-state index is 11.4. The second-order valence-electron chi connectivity index (χ2n) is 5.19. The molecule has 0 fully saturated rings. The molecule has 5 nitrogen and oxygen atoms in total. The van der Waals surface area contributed by atoms with Crippen LogP contribution in [0.2, 0.25) is 0 Å². The van der Waals surface area contributed by atoms with Gasteiger partial charge >= 0.3 is 5.97 Å². The van der Waals surface area contributed by atoms with Gasteiger partial charge in [-0.2, -0.15) is 0 Å². The van der Waals surface area contributed by atoms with E-state index in [4.69, 9.17) is 4.74 Å². The van der Waals surface area contributed by atoms with E-state index in [0.29, 0.717) is 12.8 Å². The Labute approximate surface area is 126 Å². The van der Waals surface area contributed by atoms with Gasteiger partial charge in [0.25, 0.3) is 0 Å². The standard InChI is InChI=1S/C16H26N2O3/c1-5-16(17-2,15(19)20)11-8-12-18(3)13-9-6-7-10-14(13)21-4/h6-7,9-10,17H,5,8,11-12H2,1-4H3,(H,19,20). The number of hydrogen-bond donors (Lipinski definition) is 2. The van der Waals surface area contributed by atoms with Gasteiger partial charge < -0.3 is 20.1 Å². The summed E-state index contributed by atoms with van der Waals surface area (Å²) < 4.78 is 5.35. The van der Waals surface area contributed by atoms with Gasteiger partial charge in [-0.15, -0.1) is 0 Å². The average Bonchev–Trinajstić information content (AvgIpc) is 2.51. The predicted molar refractivity (Wildman–Crippen MR) is 85.2 cm³/mol. The number of likely N-dealkylation sites (N-methyl/N-ethyl adjacent to an activating group) is 1. The third-order valence-corrected chi connectivity index (χ3v) is 4.08. The van der Waals surface area contributed by atoms with E-state index in [1.165, 1.54) is 0 Å². The van der Waals surface area contributed by atoms with Crippen LogP contribution in [0.5, 0.6) is 5.75 Å². The van der Waals surface area contributed by atoms with Crippen molar-refractivity contribution in [2.45, 2.75) is 31.7 Å². The van der Waals surface area contributed by atoms with Crippen molar-refractivity contribution in [3.05, 3.63) is 24.3 Å². The zero-order chi connectivity index (χ0) is 15.9. The Bertz CT molecular complexity index is 459. The van der Waals surface area contributed by atoms with Crippen molar-refractivity contribution in [2.75, 3.05) is 32.6 Å². The highest BCUT2D eigenvalue weighted by atomic mass is 16.5. The molecule has 0 aliphatic carbocycles. The highest BCUT2D eigenvalue weighted by molar-refractivity contribution is 5.78. The molecule has 0 saturated heterocycles. The lowest BCUT2D eigenvalue weighted by Crippen LogP contribution is -2.50. The van der Waals surface area contributed by atoms with Gasteiger partial charge in [-0.05, 0) is 38.4 Å². The molecule has 0 aromatic heterocycles. The van der Waals surface area contributed by atoms with Crippen LogP contribution in [0.15, 0.2) is 24.3 Å². The Hall–Kier alpha value is -1.75. The molecule has 0 saturated carbocycles. The lowest BCUT2D eigenvalue weighted by atomic mass is 9.90. The smallest absolute Gasteiger partial charge is 0.323 e. The Kier molecular flexibility index (Phi) is 6.49. The van der Waals surface area contributed by atoms with Crippen LogP contribution in [0.1, 0.15) is 26.2 Å². The Morgan fingerprint density at radius 3 is 2.62 bits per heavy atom. The van der Waals surface area contributed by atoms with Crippen molar-refractivity contribution in [2.24, 2.45) is 0 Å². The molecule has 0 aliphatic rings. The second-order valence-corrected chi connectivity index (χ2v) is 5.19. The predicted octanol–water partition coefficient (Wildman–Crippen LogP) is 2.36. The number of ether oxygens (including phenoxy) is 1. The quantitative estimate of drug-likeness (QED) is 0.732. The number of aliphatic carboxylic acids is 1. The molecule has 0 aliphatic heterocycles. The summed E-state index contributed by atoms with van der Waals surface area (Å²) in [4.78, 5) is 13.5. The lowest BCUT2D eigenvalue weighted by molar-refractivity contribution is -0.145. The minimum Gasteiger partial charge on any atom is -0.495 e. The first kappa shape index (κ1) is 17.3. The molecular formula is C16H26N2O3. The van der Waals surface area contributed by atoms with Crippen molar-refractivity contribution in [1.29, 1.82) is 0 Å². The van der Waals surface area contributed by atoms with E-state index >= 15 is 0 Å². The number of hydrogen-bond acceptors (Lipinski definition) is 4. The molecule has 1 atom stereocenters. The molecule has 0 amide bonds. The van der Waals surface area contributed by atoms with Gasteiger partial charge in [0.05, 0.1) is 12.8 Å². The number of methoxy groups -OCH3 is 1. The molecule has 1 aromatic carbocycles. The van der Waals surface area contributed by atoms with Crippen LogP contribution in [0.3, 0.4) is 0 Å². The van der Waals surface area contributed by atoms with Gasteiger partial charge in [-0.1, -0.05) is 19.1 Å². The SMILES string of the molecule is CCC(CCCN(C)c1ccccc1OC)(NC)C(=O)O. The van der Waals surface area contributed by atoms with Crippen molar-refractivity contribution in [1.82, 2.24) is 5.32 Å². The van der Waals surface area contributed by atoms with E-state index < -0.39 is 11.5 Å². The molecule has 1 rings (SSSR count). The van der Waals surface area contributed by atoms with Gasteiger partial charge in [-0.25, -0.2) is 0 Å². The molecule has 1 unspecified atom stereocenters. The molecule has 0 heterocycles. The van der Waals surface area contributed by atoms with Crippen LogP contribution in [0.25, 0.3) is 0 Å². The van der Waals surface area contributed by atoms with E-state index in [-0.39, 0.29) is 0 Å². The number of benzene rings is 1. The number of para-hydroxylation sites is 2. The number of nitrogens with one attached hydrogen (secondary N) is 1. The van der Waals surface area contributed by atoms with Crippen molar-refractivity contribution in [3.8, 4) is 5.75 Å². The van der Waals surface area contributed by atoms with Crippen molar-refractivity contribution in [3.63, 3.8) is 0 Å². The average molecular weight is 294 g/mol. The normalized spacial score (nSPS) is 13.5. The zero-order valence-corrected chi connectivity index (χ0v) is 13.3. The Morgan fingerprint density at radius 1 is 1.43 bits per heavy atom. The highest BCUT2D eigenvalue weighted by Gasteiger charge is 2.34. The van der Waals surface area contributed by atoms with E-state index in [0.717, 1.165) is 24.4 Å². The van der Waals surface area contributed by atoms with Crippen LogP contribution in [0, 0.1) is 0 Å². The fourth-order valence-electron chi connectivity index (χ4n) is 2.53. The molecule has 2 N–H and O–H groups in total. The van der Waals surface area contributed by atoms with Crippen molar-refractivity contribution < 1.29 is 14.6 Å². The van der Waals surface area contributed by atoms with Crippen LogP contribution in [-0.2, 0) is 4.79 Å². The summed E-state index contributed by atoms with van der Waals surface area (Å²) in [6.45, 7) is 2.67. The van der Waals surface area contributed by atoms with Gasteiger partial charge in [-0.3, -0.25) is 4.79 Å². The molecule has 5 heteroatoms. The van der Waals surface area contributed by atoms with Gasteiger partial charge in [0.15, 0.2) is 0 Å². The summed E-state index contributed by atoms with van der Waals surface area (Å²) >= 11 is 0. The molecular weight excluding hydrogens is 268 g/mol. The van der Waals surface area contributed by atoms with Gasteiger partial charge in [0.2, 0.25) is 0 Å². The monoisotopic (exact) mass is 294 g/mol. The Balaban J connectivity index is 2.64. The molecule has 1 aromatic rings. The summed E-state index contributed by atoms with van der Waals surface area (Å²) in [5.41, 5.74) is 0.184. The summed E-state index contributed by atoms with van der Waals surface area (Å²) in [5.74, 6) is 0.0426. The van der Waals surface area contributed by atoms with E-state index in [2.05, 4.69) is 10.2 Å². The van der Waals surface area contributed by atoms with Crippen LogP contribution in [-0.4, -0.2) is 44.4 Å². The maximum Gasteiger partial charge on any atom is 0.323 e. The third kappa shape index (κ3) is 4.11. The van der Waals surface area contributed by atoms with Gasteiger partial charge in [0, 0.05) is 13.6 Å². The van der Waals surface area contributed by atoms with E-state index in [9.17, 15) is 9.90 Å². The topological polar surface area (TPSA) is 61.8 Å². The zero-order valence-electron chi connectivity index (χ0n) is 13.3. The summed E-state index contributed by atoms with van der Waals surface area (Å²) in [6.07, 6.45) is 1.95. The third-order valence-electron chi connectivity index (χ3n) is 4.08. The fraction of sp³-hybridized carbons (Fsp3) is 0.562. The first-order chi connectivity index (χ1) is 10.0. The summed E-state index contributed by atoms with van der Waals surface area (Å²) in [5, 5.41) is 12.4. The van der Waals surface area contributed by atoms with Crippen LogP contribution >= 0.6 is 0 Å². The molecule has 0 spiro atoms. The number of carboxylic acid groups (broad SMARTS) is 1. The first-order valence-electron chi connectivity index (χ1n) is 7.27. The number of carbonyl (C=O) groups is 1. The lowest BCUT2D eigenvalue weighted by Gasteiger charge is -2.29. The number of carboxylic acids is 1. The largest absolute Gasteiger partial charge is 0.495 e. The Morgan fingerprint density at radius 2 is 2.10 bits per heavy atom. The molecule has 0 bridgehead atoms. The summed E-state index contributed by atoms with van der Waals surface area (Å²) in [6, 6.07) is 7.83. The van der Waals surface area contributed by atoms with Gasteiger partial charge in [0.1, 0.15) is 11.3 Å². The number of nitrogens with zero attached hydrogens (tertiary/aromatic N) is 1. The first-order valence-corrected chi connectivity index (χ1v) is 7.27. The van der Waals surface area contributed by atoms with Crippen LogP contribution < -0.4 is 15.0 Å². The van der Waals surface area contributed by atoms with E-state index in [1.807, 2.05) is 38.2 Å². The van der Waals surface area contributed by atoms with Crippen LogP contribution in [0.4, 0.5) is 5.69 Å². The maximum absolute atomic E-state index is 11.4. The number of rotatable bonds is 9. The number of anilines is 1. The van der Waals surface area contributed by atoms with E-state index in [1.54, 1.807) is 14.2 Å². The van der Waals surface area contributed by atoms with Crippen molar-refractivity contribution >= 4 is 11.7 Å². The minimum absolute atomic E-state index is 0.567. The summed E-state index contributed by atoms with van der Waals surface area (Å²) in [7, 11) is 5.35. The minimum atomic E-state index is -0.832. The molecule has 0 radical (unpaired) electrons. The highest BCUT2D eigenvalue weighted by Crippen LogP contribution is 2.27. The molecule has 21 heavy (non-hydrogen) atoms. The molecule has 118 valence electrons. The fourth-order valence-corrected chi connectivity index (χ4v) is 2.53. The second kappa shape index (κ2) is 7.88.